The summed E-state index contributed by atoms with van der Waals surface area (Å²) in [4.78, 5) is 13.8. The molecule has 1 atom stereocenters. The van der Waals surface area contributed by atoms with Gasteiger partial charge in [0.25, 0.3) is 0 Å². The number of aliphatic hydroxyl groups is 1. The fourth-order valence-electron chi connectivity index (χ4n) is 2.40. The van der Waals surface area contributed by atoms with E-state index in [2.05, 4.69) is 24.4 Å². The minimum absolute atomic E-state index is 0.0164. The van der Waals surface area contributed by atoms with Crippen molar-refractivity contribution in [2.24, 2.45) is 0 Å². The Bertz CT molecular complexity index is 417. The summed E-state index contributed by atoms with van der Waals surface area (Å²) in [6.07, 6.45) is 2.68. The minimum atomic E-state index is -0.277. The molecular formula is C15H22N2O2. The third kappa shape index (κ3) is 4.33. The SMILES string of the molecule is CCCc1ccc(NC(=O)CN2CCC(O)C2)cc1. The van der Waals surface area contributed by atoms with Crippen LogP contribution in [0.5, 0.6) is 0 Å². The monoisotopic (exact) mass is 262 g/mol. The van der Waals surface area contributed by atoms with Crippen LogP contribution < -0.4 is 5.32 Å². The van der Waals surface area contributed by atoms with Crippen LogP contribution in [-0.2, 0) is 11.2 Å². The van der Waals surface area contributed by atoms with E-state index in [4.69, 9.17) is 0 Å². The van der Waals surface area contributed by atoms with Gasteiger partial charge >= 0.3 is 0 Å². The molecule has 19 heavy (non-hydrogen) atoms. The summed E-state index contributed by atoms with van der Waals surface area (Å²) in [7, 11) is 0. The summed E-state index contributed by atoms with van der Waals surface area (Å²) in [6, 6.07) is 8.00. The molecule has 1 fully saturated rings. The van der Waals surface area contributed by atoms with Gasteiger partial charge in [0.1, 0.15) is 0 Å². The van der Waals surface area contributed by atoms with Crippen molar-refractivity contribution in [2.75, 3.05) is 25.0 Å². The number of rotatable bonds is 5. The highest BCUT2D eigenvalue weighted by Crippen LogP contribution is 2.12. The Morgan fingerprint density at radius 3 is 2.74 bits per heavy atom. The first-order chi connectivity index (χ1) is 9.17. The number of benzene rings is 1. The van der Waals surface area contributed by atoms with Crippen LogP contribution in [0.25, 0.3) is 0 Å². The molecule has 0 radical (unpaired) electrons. The van der Waals surface area contributed by atoms with E-state index in [9.17, 15) is 9.90 Å². The van der Waals surface area contributed by atoms with Gasteiger partial charge in [0, 0.05) is 18.8 Å². The predicted octanol–water partition coefficient (Wildman–Crippen LogP) is 1.64. The first-order valence-corrected chi connectivity index (χ1v) is 6.96. The highest BCUT2D eigenvalue weighted by Gasteiger charge is 2.21. The number of nitrogens with zero attached hydrogens (tertiary/aromatic N) is 1. The minimum Gasteiger partial charge on any atom is -0.392 e. The Labute approximate surface area is 114 Å². The summed E-state index contributed by atoms with van der Waals surface area (Å²) in [5.74, 6) is -0.0164. The van der Waals surface area contributed by atoms with Crippen molar-refractivity contribution in [1.82, 2.24) is 4.90 Å². The van der Waals surface area contributed by atoms with E-state index in [-0.39, 0.29) is 12.0 Å². The fraction of sp³-hybridized carbons (Fsp3) is 0.533. The molecule has 1 unspecified atom stereocenters. The molecule has 1 aromatic rings. The zero-order chi connectivity index (χ0) is 13.7. The van der Waals surface area contributed by atoms with Crippen molar-refractivity contribution in [3.05, 3.63) is 29.8 Å². The van der Waals surface area contributed by atoms with Crippen LogP contribution in [0, 0.1) is 0 Å². The molecule has 2 N–H and O–H groups in total. The van der Waals surface area contributed by atoms with Gasteiger partial charge in [-0.1, -0.05) is 25.5 Å². The van der Waals surface area contributed by atoms with E-state index in [1.807, 2.05) is 17.0 Å². The smallest absolute Gasteiger partial charge is 0.238 e. The van der Waals surface area contributed by atoms with Gasteiger partial charge in [-0.25, -0.2) is 0 Å². The molecule has 0 aliphatic carbocycles. The van der Waals surface area contributed by atoms with E-state index in [0.29, 0.717) is 13.1 Å². The first kappa shape index (κ1) is 14.0. The zero-order valence-corrected chi connectivity index (χ0v) is 11.4. The van der Waals surface area contributed by atoms with Crippen LogP contribution in [0.3, 0.4) is 0 Å². The molecule has 1 aliphatic rings. The molecule has 1 aromatic carbocycles. The summed E-state index contributed by atoms with van der Waals surface area (Å²) >= 11 is 0. The second kappa shape index (κ2) is 6.68. The number of likely N-dealkylation sites (tertiary alicyclic amines) is 1. The quantitative estimate of drug-likeness (QED) is 0.848. The van der Waals surface area contributed by atoms with Crippen LogP contribution in [0.1, 0.15) is 25.3 Å². The number of anilines is 1. The van der Waals surface area contributed by atoms with E-state index in [0.717, 1.165) is 31.5 Å². The van der Waals surface area contributed by atoms with Crippen LogP contribution in [0.4, 0.5) is 5.69 Å². The summed E-state index contributed by atoms with van der Waals surface area (Å²) in [5, 5.41) is 12.3. The lowest BCUT2D eigenvalue weighted by molar-refractivity contribution is -0.117. The summed E-state index contributed by atoms with van der Waals surface area (Å²) in [6.45, 7) is 3.90. The van der Waals surface area contributed by atoms with Gasteiger partial charge in [-0.05, 0) is 30.5 Å². The molecule has 0 aromatic heterocycles. The second-order valence-electron chi connectivity index (χ2n) is 5.17. The highest BCUT2D eigenvalue weighted by atomic mass is 16.3. The Kier molecular flexibility index (Phi) is 4.93. The number of carbonyl (C=O) groups excluding carboxylic acids is 1. The Morgan fingerprint density at radius 1 is 1.42 bits per heavy atom. The fourth-order valence-corrected chi connectivity index (χ4v) is 2.40. The van der Waals surface area contributed by atoms with Crippen LogP contribution in [0.15, 0.2) is 24.3 Å². The summed E-state index contributed by atoms with van der Waals surface area (Å²) < 4.78 is 0. The molecule has 1 heterocycles. The number of hydrogen-bond acceptors (Lipinski definition) is 3. The number of β-amino-alcohol motifs (C(OH)–C–C–N with tert-alkyl or cyclic N) is 1. The Hall–Kier alpha value is -1.39. The first-order valence-electron chi connectivity index (χ1n) is 6.96. The lowest BCUT2D eigenvalue weighted by Crippen LogP contribution is -2.32. The highest BCUT2D eigenvalue weighted by molar-refractivity contribution is 5.92. The van der Waals surface area contributed by atoms with Gasteiger partial charge in [-0.15, -0.1) is 0 Å². The molecule has 0 bridgehead atoms. The second-order valence-corrected chi connectivity index (χ2v) is 5.17. The largest absolute Gasteiger partial charge is 0.392 e. The lowest BCUT2D eigenvalue weighted by Gasteiger charge is -2.14. The van der Waals surface area contributed by atoms with Crippen LogP contribution in [0.2, 0.25) is 0 Å². The zero-order valence-electron chi connectivity index (χ0n) is 11.4. The number of hydrogen-bond donors (Lipinski definition) is 2. The Balaban J connectivity index is 1.81. The van der Waals surface area contributed by atoms with Gasteiger partial charge in [0.15, 0.2) is 0 Å². The number of aryl methyl sites for hydroxylation is 1. The van der Waals surface area contributed by atoms with E-state index in [1.54, 1.807) is 0 Å². The molecular weight excluding hydrogens is 240 g/mol. The standard InChI is InChI=1S/C15H22N2O2/c1-2-3-12-4-6-13(7-5-12)16-15(19)11-17-9-8-14(18)10-17/h4-7,14,18H,2-3,8-11H2,1H3,(H,16,19). The molecule has 0 spiro atoms. The maximum absolute atomic E-state index is 11.9. The van der Waals surface area contributed by atoms with Crippen molar-refractivity contribution in [3.8, 4) is 0 Å². The van der Waals surface area contributed by atoms with Gasteiger partial charge in [0.2, 0.25) is 5.91 Å². The van der Waals surface area contributed by atoms with E-state index in [1.165, 1.54) is 5.56 Å². The van der Waals surface area contributed by atoms with Gasteiger partial charge in [-0.3, -0.25) is 9.69 Å². The van der Waals surface area contributed by atoms with Crippen molar-refractivity contribution < 1.29 is 9.90 Å². The van der Waals surface area contributed by atoms with Gasteiger partial charge < -0.3 is 10.4 Å². The number of aliphatic hydroxyl groups excluding tert-OH is 1. The predicted molar refractivity (Wildman–Crippen MR) is 76.1 cm³/mol. The Morgan fingerprint density at radius 2 is 2.16 bits per heavy atom. The topological polar surface area (TPSA) is 52.6 Å². The number of amides is 1. The van der Waals surface area contributed by atoms with Crippen molar-refractivity contribution in [1.29, 1.82) is 0 Å². The molecule has 4 nitrogen and oxygen atoms in total. The molecule has 2 rings (SSSR count). The van der Waals surface area contributed by atoms with E-state index < -0.39 is 0 Å². The lowest BCUT2D eigenvalue weighted by atomic mass is 10.1. The van der Waals surface area contributed by atoms with Crippen molar-refractivity contribution in [2.45, 2.75) is 32.3 Å². The third-order valence-electron chi connectivity index (χ3n) is 3.39. The van der Waals surface area contributed by atoms with Crippen molar-refractivity contribution in [3.63, 3.8) is 0 Å². The molecule has 0 saturated carbocycles. The normalized spacial score (nSPS) is 19.6. The maximum Gasteiger partial charge on any atom is 0.238 e. The van der Waals surface area contributed by atoms with Gasteiger partial charge in [-0.2, -0.15) is 0 Å². The number of carbonyl (C=O) groups is 1. The molecule has 1 aliphatic heterocycles. The van der Waals surface area contributed by atoms with Crippen LogP contribution >= 0.6 is 0 Å². The van der Waals surface area contributed by atoms with Crippen molar-refractivity contribution >= 4 is 11.6 Å². The van der Waals surface area contributed by atoms with E-state index >= 15 is 0 Å². The number of nitrogens with one attached hydrogen (secondary N) is 1. The molecule has 1 saturated heterocycles. The molecule has 1 amide bonds. The van der Waals surface area contributed by atoms with Crippen LogP contribution in [-0.4, -0.2) is 41.7 Å². The summed E-state index contributed by atoms with van der Waals surface area (Å²) in [5.41, 5.74) is 2.13. The average Bonchev–Trinajstić information content (AvgIpc) is 2.77. The maximum atomic E-state index is 11.9. The molecule has 104 valence electrons. The van der Waals surface area contributed by atoms with Gasteiger partial charge in [0.05, 0.1) is 12.6 Å². The average molecular weight is 262 g/mol. The molecule has 4 heteroatoms. The third-order valence-corrected chi connectivity index (χ3v) is 3.39.